The van der Waals surface area contributed by atoms with Crippen LogP contribution in [0.15, 0.2) is 28.9 Å². The van der Waals surface area contributed by atoms with Crippen molar-refractivity contribution in [1.82, 2.24) is 30.4 Å². The molecule has 0 saturated heterocycles. The summed E-state index contributed by atoms with van der Waals surface area (Å²) in [6, 6.07) is 5.38. The molecule has 1 fully saturated rings. The highest BCUT2D eigenvalue weighted by molar-refractivity contribution is 9.10. The van der Waals surface area contributed by atoms with Crippen LogP contribution in [0.25, 0.3) is 10.7 Å². The fourth-order valence-electron chi connectivity index (χ4n) is 3.16. The first-order valence-electron chi connectivity index (χ1n) is 10.3. The van der Waals surface area contributed by atoms with E-state index in [0.717, 1.165) is 23.4 Å². The summed E-state index contributed by atoms with van der Waals surface area (Å²) >= 11 is 4.72. The summed E-state index contributed by atoms with van der Waals surface area (Å²) < 4.78 is 2.08. The minimum Gasteiger partial charge on any atom is -0.355 e. The minimum absolute atomic E-state index is 0.131. The molecule has 12 heteroatoms. The number of hydrogen-bond acceptors (Lipinski definition) is 8. The van der Waals surface area contributed by atoms with Crippen LogP contribution in [0, 0.1) is 0 Å². The van der Waals surface area contributed by atoms with E-state index in [2.05, 4.69) is 46.9 Å². The van der Waals surface area contributed by atoms with Crippen molar-refractivity contribution in [3.8, 4) is 10.7 Å². The molecule has 0 atom stereocenters. The Morgan fingerprint density at radius 2 is 1.94 bits per heavy atom. The maximum atomic E-state index is 12.3. The molecule has 1 aliphatic carbocycles. The van der Waals surface area contributed by atoms with E-state index in [0.29, 0.717) is 45.8 Å². The van der Waals surface area contributed by atoms with E-state index in [1.54, 1.807) is 18.3 Å². The Morgan fingerprint density at radius 1 is 1.18 bits per heavy atom. The maximum Gasteiger partial charge on any atom is 0.261 e. The Morgan fingerprint density at radius 3 is 2.64 bits per heavy atom. The van der Waals surface area contributed by atoms with Gasteiger partial charge in [0.05, 0.1) is 19.9 Å². The number of nitrogens with one attached hydrogen (secondary N) is 3. The molecule has 4 rings (SSSR count). The molecule has 3 N–H and O–H groups in total. The molecule has 172 valence electrons. The summed E-state index contributed by atoms with van der Waals surface area (Å²) in [5.74, 6) is 1.36. The number of carbonyl (C=O) groups is 3. The Labute approximate surface area is 202 Å². The monoisotopic (exact) mass is 531 g/mol. The molecule has 0 spiro atoms. The van der Waals surface area contributed by atoms with Gasteiger partial charge in [-0.05, 0) is 40.9 Å². The van der Waals surface area contributed by atoms with Crippen LogP contribution >= 0.6 is 27.3 Å². The molecule has 3 heterocycles. The second-order valence-electron chi connectivity index (χ2n) is 7.58. The lowest BCUT2D eigenvalue weighted by atomic mass is 10.3. The molecule has 1 aliphatic rings. The molecule has 3 aromatic rings. The number of halogens is 1. The van der Waals surface area contributed by atoms with Gasteiger partial charge in [-0.3, -0.25) is 14.4 Å². The third-order valence-corrected chi connectivity index (χ3v) is 6.52. The number of hydrogen-bond donors (Lipinski definition) is 3. The molecule has 10 nitrogen and oxygen atoms in total. The molecule has 0 unspecified atom stereocenters. The zero-order chi connectivity index (χ0) is 23.5. The highest BCUT2D eigenvalue weighted by atomic mass is 79.9. The number of amides is 2. The van der Waals surface area contributed by atoms with E-state index in [1.165, 1.54) is 29.9 Å². The predicted molar refractivity (Wildman–Crippen MR) is 128 cm³/mol. The number of rotatable bonds is 8. The van der Waals surface area contributed by atoms with Gasteiger partial charge < -0.3 is 16.0 Å². The second-order valence-corrected chi connectivity index (χ2v) is 9.52. The highest BCUT2D eigenvalue weighted by Gasteiger charge is 2.29. The van der Waals surface area contributed by atoms with Gasteiger partial charge in [0.15, 0.2) is 11.6 Å². The largest absolute Gasteiger partial charge is 0.355 e. The van der Waals surface area contributed by atoms with Gasteiger partial charge in [0.25, 0.3) is 5.91 Å². The first-order chi connectivity index (χ1) is 15.8. The smallest absolute Gasteiger partial charge is 0.261 e. The number of aromatic nitrogens is 4. The first-order valence-corrected chi connectivity index (χ1v) is 12.0. The molecule has 0 bridgehead atoms. The summed E-state index contributed by atoms with van der Waals surface area (Å²) in [4.78, 5) is 45.3. The van der Waals surface area contributed by atoms with Crippen molar-refractivity contribution in [3.63, 3.8) is 0 Å². The lowest BCUT2D eigenvalue weighted by Crippen LogP contribution is -2.33. The van der Waals surface area contributed by atoms with Gasteiger partial charge in [0, 0.05) is 45.1 Å². The molecular formula is C21H22BrN7O3S. The van der Waals surface area contributed by atoms with E-state index in [1.807, 2.05) is 6.07 Å². The van der Waals surface area contributed by atoms with Crippen LogP contribution < -0.4 is 16.0 Å². The standard InChI is InChI=1S/C21H22BrN7O3S/c1-11(30)23-7-8-24-21(32)17-6-5-16(33-17)20-25-10-14(22)19(27-20)26-18-9-15(13-3-4-13)29(28-18)12(2)31/h5-6,9-10,13H,3-4,7-8H2,1-2H3,(H,23,30)(H,24,32)(H,25,26,27,28). The number of anilines is 2. The van der Waals surface area contributed by atoms with Crippen molar-refractivity contribution >= 4 is 56.6 Å². The molecule has 2 amide bonds. The van der Waals surface area contributed by atoms with Crippen LogP contribution in [0.5, 0.6) is 0 Å². The fraction of sp³-hybridized carbons (Fsp3) is 0.333. The third kappa shape index (κ3) is 5.63. The van der Waals surface area contributed by atoms with Gasteiger partial charge in [0.2, 0.25) is 11.8 Å². The Hall–Kier alpha value is -3.12. The Balaban J connectivity index is 1.48. The van der Waals surface area contributed by atoms with E-state index < -0.39 is 0 Å². The Bertz CT molecular complexity index is 1220. The summed E-state index contributed by atoms with van der Waals surface area (Å²) in [5.41, 5.74) is 0.905. The maximum absolute atomic E-state index is 12.3. The highest BCUT2D eigenvalue weighted by Crippen LogP contribution is 2.41. The van der Waals surface area contributed by atoms with Crippen molar-refractivity contribution in [2.24, 2.45) is 0 Å². The summed E-state index contributed by atoms with van der Waals surface area (Å²) in [5, 5.41) is 12.9. The van der Waals surface area contributed by atoms with E-state index >= 15 is 0 Å². The lowest BCUT2D eigenvalue weighted by Gasteiger charge is -2.06. The number of thiophene rings is 1. The molecule has 0 radical (unpaired) electrons. The molecule has 3 aromatic heterocycles. The van der Waals surface area contributed by atoms with Crippen LogP contribution in [0.3, 0.4) is 0 Å². The topological polar surface area (TPSA) is 131 Å². The van der Waals surface area contributed by atoms with Crippen LogP contribution in [0.4, 0.5) is 11.6 Å². The number of nitrogens with zero attached hydrogens (tertiary/aromatic N) is 4. The van der Waals surface area contributed by atoms with Crippen LogP contribution in [0.1, 0.15) is 52.8 Å². The van der Waals surface area contributed by atoms with E-state index in [4.69, 9.17) is 0 Å². The predicted octanol–water partition coefficient (Wildman–Crippen LogP) is 3.31. The molecule has 33 heavy (non-hydrogen) atoms. The molecule has 0 aromatic carbocycles. The zero-order valence-electron chi connectivity index (χ0n) is 18.0. The number of carbonyl (C=O) groups excluding carboxylic acids is 3. The normalized spacial score (nSPS) is 12.9. The minimum atomic E-state index is -0.227. The van der Waals surface area contributed by atoms with Crippen molar-refractivity contribution in [2.75, 3.05) is 18.4 Å². The first kappa shape index (κ1) is 23.1. The van der Waals surface area contributed by atoms with E-state index in [9.17, 15) is 14.4 Å². The third-order valence-electron chi connectivity index (χ3n) is 4.86. The zero-order valence-corrected chi connectivity index (χ0v) is 20.4. The SMILES string of the molecule is CC(=O)NCCNC(=O)c1ccc(-c2ncc(Br)c(Nc3cc(C4CC4)n(C(C)=O)n3)n2)s1. The lowest BCUT2D eigenvalue weighted by molar-refractivity contribution is -0.118. The van der Waals surface area contributed by atoms with Gasteiger partial charge in [0.1, 0.15) is 5.82 Å². The van der Waals surface area contributed by atoms with Gasteiger partial charge in [-0.1, -0.05) is 0 Å². The van der Waals surface area contributed by atoms with E-state index in [-0.39, 0.29) is 17.7 Å². The summed E-state index contributed by atoms with van der Waals surface area (Å²) in [7, 11) is 0. The second kappa shape index (κ2) is 9.79. The van der Waals surface area contributed by atoms with Crippen molar-refractivity contribution < 1.29 is 14.4 Å². The molecule has 1 saturated carbocycles. The summed E-state index contributed by atoms with van der Waals surface area (Å²) in [6.07, 6.45) is 3.74. The van der Waals surface area contributed by atoms with Crippen LogP contribution in [-0.2, 0) is 4.79 Å². The fourth-order valence-corrected chi connectivity index (χ4v) is 4.31. The van der Waals surface area contributed by atoms with Crippen LogP contribution in [-0.4, -0.2) is 50.6 Å². The average molecular weight is 532 g/mol. The quantitative estimate of drug-likeness (QED) is 0.380. The average Bonchev–Trinajstić information content (AvgIpc) is 3.33. The Kier molecular flexibility index (Phi) is 6.84. The van der Waals surface area contributed by atoms with Gasteiger partial charge in [-0.25, -0.2) is 14.6 Å². The molecular weight excluding hydrogens is 510 g/mol. The van der Waals surface area contributed by atoms with Crippen LogP contribution in [0.2, 0.25) is 0 Å². The van der Waals surface area contributed by atoms with Crippen molar-refractivity contribution in [1.29, 1.82) is 0 Å². The molecule has 0 aliphatic heterocycles. The van der Waals surface area contributed by atoms with Gasteiger partial charge >= 0.3 is 0 Å². The van der Waals surface area contributed by atoms with Gasteiger partial charge in [-0.2, -0.15) is 0 Å². The summed E-state index contributed by atoms with van der Waals surface area (Å²) in [6.45, 7) is 3.62. The van der Waals surface area contributed by atoms with Gasteiger partial charge in [-0.15, -0.1) is 16.4 Å². The van der Waals surface area contributed by atoms with Crippen molar-refractivity contribution in [3.05, 3.63) is 39.4 Å². The van der Waals surface area contributed by atoms with Crippen molar-refractivity contribution in [2.45, 2.75) is 32.6 Å².